The molecule has 0 bridgehead atoms. The van der Waals surface area contributed by atoms with Gasteiger partial charge in [0.15, 0.2) is 10.5 Å². The van der Waals surface area contributed by atoms with Gasteiger partial charge in [-0.15, -0.1) is 11.8 Å². The summed E-state index contributed by atoms with van der Waals surface area (Å²) in [7, 11) is -3.78. The zero-order valence-corrected chi connectivity index (χ0v) is 14.7. The van der Waals surface area contributed by atoms with Gasteiger partial charge in [-0.25, -0.2) is 13.4 Å². The fourth-order valence-corrected chi connectivity index (χ4v) is 4.75. The van der Waals surface area contributed by atoms with Crippen LogP contribution in [0.1, 0.15) is 5.69 Å². The van der Waals surface area contributed by atoms with Gasteiger partial charge in [-0.1, -0.05) is 29.8 Å². The molecule has 23 heavy (non-hydrogen) atoms. The first-order valence-corrected chi connectivity index (χ1v) is 9.65. The van der Waals surface area contributed by atoms with Crippen molar-refractivity contribution >= 4 is 44.7 Å². The Kier molecular flexibility index (Phi) is 3.99. The molecule has 0 spiro atoms. The lowest BCUT2D eigenvalue weighted by atomic mass is 10.4. The number of hydrogen-bond donors (Lipinski definition) is 1. The molecular weight excluding hydrogens is 356 g/mol. The van der Waals surface area contributed by atoms with Gasteiger partial charge in [0, 0.05) is 0 Å². The molecule has 9 heteroatoms. The Morgan fingerprint density at radius 2 is 1.91 bits per heavy atom. The summed E-state index contributed by atoms with van der Waals surface area (Å²) in [6, 6.07) is 8.16. The van der Waals surface area contributed by atoms with E-state index in [9.17, 15) is 8.42 Å². The Morgan fingerprint density at radius 3 is 2.52 bits per heavy atom. The molecule has 0 saturated carbocycles. The monoisotopic (exact) mass is 368 g/mol. The molecule has 0 radical (unpaired) electrons. The summed E-state index contributed by atoms with van der Waals surface area (Å²) in [4.78, 5) is 4.52. The summed E-state index contributed by atoms with van der Waals surface area (Å²) >= 11 is 7.30. The van der Waals surface area contributed by atoms with E-state index in [1.54, 1.807) is 31.4 Å². The first kappa shape index (κ1) is 16.1. The molecule has 120 valence electrons. The van der Waals surface area contributed by atoms with Crippen LogP contribution in [0.2, 0.25) is 5.02 Å². The highest BCUT2D eigenvalue weighted by Gasteiger charge is 2.29. The fraction of sp³-hybridized carbons (Fsp3) is 0.143. The maximum absolute atomic E-state index is 13.0. The third kappa shape index (κ3) is 2.46. The van der Waals surface area contributed by atoms with Gasteiger partial charge < -0.3 is 5.73 Å². The normalized spacial score (nSPS) is 12.0. The maximum atomic E-state index is 13.0. The molecule has 2 heterocycles. The van der Waals surface area contributed by atoms with Gasteiger partial charge in [0.2, 0.25) is 9.84 Å². The highest BCUT2D eigenvalue weighted by molar-refractivity contribution is 7.99. The summed E-state index contributed by atoms with van der Waals surface area (Å²) < 4.78 is 27.3. The number of nitrogens with two attached hydrogens (primary N) is 1. The molecular formula is C14H13ClN4O2S2. The van der Waals surface area contributed by atoms with Crippen LogP contribution >= 0.6 is 23.4 Å². The van der Waals surface area contributed by atoms with Crippen molar-refractivity contribution in [1.29, 1.82) is 0 Å². The second-order valence-electron chi connectivity index (χ2n) is 4.79. The minimum Gasteiger partial charge on any atom is -0.382 e. The van der Waals surface area contributed by atoms with Crippen molar-refractivity contribution in [3.8, 4) is 0 Å². The molecule has 3 aromatic rings. The van der Waals surface area contributed by atoms with Crippen molar-refractivity contribution in [2.75, 3.05) is 12.0 Å². The Balaban J connectivity index is 2.42. The van der Waals surface area contributed by atoms with Crippen LogP contribution in [0, 0.1) is 6.92 Å². The van der Waals surface area contributed by atoms with Gasteiger partial charge in [-0.3, -0.25) is 0 Å². The van der Waals surface area contributed by atoms with Crippen LogP contribution < -0.4 is 5.73 Å². The second kappa shape index (κ2) is 5.70. The molecule has 0 saturated heterocycles. The summed E-state index contributed by atoms with van der Waals surface area (Å²) in [5.41, 5.74) is 6.59. The number of fused-ring (bicyclic) bond motifs is 1. The molecule has 2 N–H and O–H groups in total. The summed E-state index contributed by atoms with van der Waals surface area (Å²) in [6.45, 7) is 1.67. The molecule has 6 nitrogen and oxygen atoms in total. The molecule has 2 aromatic heterocycles. The van der Waals surface area contributed by atoms with E-state index in [0.717, 1.165) is 0 Å². The average Bonchev–Trinajstić information content (AvgIpc) is 2.93. The molecule has 0 atom stereocenters. The minimum atomic E-state index is -3.78. The Labute approximate surface area is 142 Å². The van der Waals surface area contributed by atoms with Gasteiger partial charge >= 0.3 is 0 Å². The minimum absolute atomic E-state index is 0.0441. The predicted molar refractivity (Wildman–Crippen MR) is 90.8 cm³/mol. The van der Waals surface area contributed by atoms with E-state index in [4.69, 9.17) is 17.3 Å². The molecule has 0 aliphatic rings. The van der Waals surface area contributed by atoms with Crippen LogP contribution in [-0.4, -0.2) is 29.3 Å². The number of halogens is 1. The first-order valence-electron chi connectivity index (χ1n) is 6.56. The van der Waals surface area contributed by atoms with E-state index in [1.165, 1.54) is 28.4 Å². The number of aryl methyl sites for hydroxylation is 1. The number of nitrogen functional groups attached to an aromatic ring is 1. The summed E-state index contributed by atoms with van der Waals surface area (Å²) in [5, 5.41) is 4.84. The van der Waals surface area contributed by atoms with E-state index < -0.39 is 9.84 Å². The van der Waals surface area contributed by atoms with Crippen molar-refractivity contribution in [2.45, 2.75) is 21.7 Å². The van der Waals surface area contributed by atoms with Crippen molar-refractivity contribution in [3.05, 3.63) is 41.0 Å². The number of rotatable bonds is 3. The Morgan fingerprint density at radius 1 is 1.26 bits per heavy atom. The fourth-order valence-electron chi connectivity index (χ4n) is 2.21. The topological polar surface area (TPSA) is 90.3 Å². The quantitative estimate of drug-likeness (QED) is 0.715. The second-order valence-corrected chi connectivity index (χ2v) is 7.85. The van der Waals surface area contributed by atoms with Crippen LogP contribution in [0.15, 0.2) is 45.1 Å². The van der Waals surface area contributed by atoms with Crippen LogP contribution in [0.4, 0.5) is 5.82 Å². The lowest BCUT2D eigenvalue weighted by molar-refractivity contribution is 0.594. The highest BCUT2D eigenvalue weighted by atomic mass is 35.5. The number of benzene rings is 1. The van der Waals surface area contributed by atoms with E-state index in [0.29, 0.717) is 10.7 Å². The van der Waals surface area contributed by atoms with E-state index in [-0.39, 0.29) is 26.3 Å². The lowest BCUT2D eigenvalue weighted by Crippen LogP contribution is -2.06. The van der Waals surface area contributed by atoms with E-state index in [1.807, 2.05) is 0 Å². The standard InChI is InChI=1S/C14H13ClN4O2S2/c1-8-10(15)12(16)19-13(17-8)11(14(18-19)22-2)23(20,21)9-6-4-3-5-7-9/h3-7H,16H2,1-2H3. The average molecular weight is 369 g/mol. The van der Waals surface area contributed by atoms with E-state index >= 15 is 0 Å². The molecule has 0 aliphatic carbocycles. The zero-order chi connectivity index (χ0) is 16.8. The molecule has 1 aromatic carbocycles. The SMILES string of the molecule is CSc1nn2c(N)c(Cl)c(C)nc2c1S(=O)(=O)c1ccccc1. The van der Waals surface area contributed by atoms with Crippen LogP contribution in [0.3, 0.4) is 0 Å². The van der Waals surface area contributed by atoms with Gasteiger partial charge in [0.25, 0.3) is 0 Å². The van der Waals surface area contributed by atoms with E-state index in [2.05, 4.69) is 10.1 Å². The van der Waals surface area contributed by atoms with Crippen molar-refractivity contribution < 1.29 is 8.42 Å². The number of aromatic nitrogens is 3. The Bertz CT molecular complexity index is 1000. The maximum Gasteiger partial charge on any atom is 0.213 e. The van der Waals surface area contributed by atoms with Crippen molar-refractivity contribution in [2.24, 2.45) is 0 Å². The predicted octanol–water partition coefficient (Wildman–Crippen LogP) is 2.83. The number of thioether (sulfide) groups is 1. The largest absolute Gasteiger partial charge is 0.382 e. The van der Waals surface area contributed by atoms with Crippen molar-refractivity contribution in [3.63, 3.8) is 0 Å². The van der Waals surface area contributed by atoms with Crippen LogP contribution in [-0.2, 0) is 9.84 Å². The van der Waals surface area contributed by atoms with Gasteiger partial charge in [0.1, 0.15) is 15.9 Å². The van der Waals surface area contributed by atoms with Crippen molar-refractivity contribution in [1.82, 2.24) is 14.6 Å². The highest BCUT2D eigenvalue weighted by Crippen LogP contribution is 2.34. The third-order valence-electron chi connectivity index (χ3n) is 3.35. The van der Waals surface area contributed by atoms with Gasteiger partial charge in [-0.05, 0) is 25.3 Å². The summed E-state index contributed by atoms with van der Waals surface area (Å²) in [5.74, 6) is 0.166. The number of anilines is 1. The third-order valence-corrected chi connectivity index (χ3v) is 6.42. The lowest BCUT2D eigenvalue weighted by Gasteiger charge is -2.06. The number of sulfone groups is 1. The summed E-state index contributed by atoms with van der Waals surface area (Å²) in [6.07, 6.45) is 1.75. The van der Waals surface area contributed by atoms with Crippen LogP contribution in [0.25, 0.3) is 5.65 Å². The zero-order valence-electron chi connectivity index (χ0n) is 12.3. The van der Waals surface area contributed by atoms with Gasteiger partial charge in [-0.2, -0.15) is 9.61 Å². The Hall–Kier alpha value is -1.77. The number of hydrogen-bond acceptors (Lipinski definition) is 6. The molecule has 0 amide bonds. The van der Waals surface area contributed by atoms with Crippen LogP contribution in [0.5, 0.6) is 0 Å². The molecule has 3 rings (SSSR count). The first-order chi connectivity index (χ1) is 10.9. The molecule has 0 aliphatic heterocycles. The number of nitrogens with zero attached hydrogens (tertiary/aromatic N) is 3. The molecule has 0 unspecified atom stereocenters. The smallest absolute Gasteiger partial charge is 0.213 e. The molecule has 0 fully saturated rings. The van der Waals surface area contributed by atoms with Gasteiger partial charge in [0.05, 0.1) is 10.6 Å².